The lowest BCUT2D eigenvalue weighted by molar-refractivity contribution is -0.123. The van der Waals surface area contributed by atoms with Crippen LogP contribution in [-0.4, -0.2) is 31.5 Å². The van der Waals surface area contributed by atoms with Crippen molar-refractivity contribution in [2.24, 2.45) is 0 Å². The number of ether oxygens (including phenoxy) is 1. The van der Waals surface area contributed by atoms with Gasteiger partial charge in [0.15, 0.2) is 6.61 Å². The van der Waals surface area contributed by atoms with Gasteiger partial charge < -0.3 is 15.4 Å². The second-order valence-corrected chi connectivity index (χ2v) is 5.30. The topological polar surface area (TPSA) is 67.4 Å². The van der Waals surface area contributed by atoms with Crippen molar-refractivity contribution in [3.63, 3.8) is 0 Å². The van der Waals surface area contributed by atoms with E-state index in [1.165, 1.54) is 18.2 Å². The van der Waals surface area contributed by atoms with Crippen LogP contribution >= 0.6 is 11.6 Å². The van der Waals surface area contributed by atoms with Crippen molar-refractivity contribution in [1.29, 1.82) is 0 Å². The summed E-state index contributed by atoms with van der Waals surface area (Å²) >= 11 is 5.75. The summed E-state index contributed by atoms with van der Waals surface area (Å²) in [5.41, 5.74) is 0.229. The summed E-state index contributed by atoms with van der Waals surface area (Å²) in [5.74, 6) is -0.657. The van der Waals surface area contributed by atoms with Gasteiger partial charge in [-0.25, -0.2) is 4.39 Å². The lowest BCUT2D eigenvalue weighted by atomic mass is 10.2. The van der Waals surface area contributed by atoms with Gasteiger partial charge >= 0.3 is 0 Å². The van der Waals surface area contributed by atoms with E-state index >= 15 is 0 Å². The third-order valence-corrected chi connectivity index (χ3v) is 3.26. The van der Waals surface area contributed by atoms with Gasteiger partial charge in [0.05, 0.1) is 0 Å². The summed E-state index contributed by atoms with van der Waals surface area (Å²) in [7, 11) is 0. The van der Waals surface area contributed by atoms with E-state index in [9.17, 15) is 14.0 Å². The van der Waals surface area contributed by atoms with Crippen molar-refractivity contribution < 1.29 is 18.7 Å². The van der Waals surface area contributed by atoms with Crippen LogP contribution in [0.25, 0.3) is 0 Å². The number of halogens is 2. The summed E-state index contributed by atoms with van der Waals surface area (Å²) in [6, 6.07) is 12.0. The number of benzene rings is 2. The minimum atomic E-state index is -0.477. The average molecular weight is 351 g/mol. The Morgan fingerprint density at radius 2 is 1.75 bits per heavy atom. The highest BCUT2D eigenvalue weighted by molar-refractivity contribution is 6.30. The molecule has 0 aliphatic heterocycles. The van der Waals surface area contributed by atoms with Crippen molar-refractivity contribution in [2.75, 3.05) is 19.7 Å². The first kappa shape index (κ1) is 17.7. The van der Waals surface area contributed by atoms with Gasteiger partial charge in [-0.15, -0.1) is 0 Å². The Morgan fingerprint density at radius 3 is 2.46 bits per heavy atom. The Hall–Kier alpha value is -2.60. The minimum Gasteiger partial charge on any atom is -0.484 e. The molecule has 2 aromatic rings. The fourth-order valence-corrected chi connectivity index (χ4v) is 1.97. The van der Waals surface area contributed by atoms with Crippen LogP contribution in [0.1, 0.15) is 10.4 Å². The molecule has 0 aliphatic carbocycles. The van der Waals surface area contributed by atoms with Gasteiger partial charge in [-0.2, -0.15) is 0 Å². The molecule has 2 rings (SSSR count). The molecule has 0 aliphatic rings. The zero-order valence-corrected chi connectivity index (χ0v) is 13.5. The first-order chi connectivity index (χ1) is 11.5. The number of nitrogens with one attached hydrogen (secondary N) is 2. The largest absolute Gasteiger partial charge is 0.484 e. The van der Waals surface area contributed by atoms with Gasteiger partial charge in [0, 0.05) is 23.7 Å². The molecule has 2 amide bonds. The van der Waals surface area contributed by atoms with Crippen LogP contribution in [0.5, 0.6) is 5.75 Å². The van der Waals surface area contributed by atoms with E-state index in [0.717, 1.165) is 6.07 Å². The molecule has 0 atom stereocenters. The maximum absolute atomic E-state index is 13.0. The highest BCUT2D eigenvalue weighted by atomic mass is 35.5. The highest BCUT2D eigenvalue weighted by Gasteiger charge is 2.06. The number of carbonyl (C=O) groups is 2. The zero-order valence-electron chi connectivity index (χ0n) is 12.7. The number of hydrogen-bond acceptors (Lipinski definition) is 3. The molecule has 24 heavy (non-hydrogen) atoms. The third kappa shape index (κ3) is 5.89. The van der Waals surface area contributed by atoms with Crippen molar-refractivity contribution >= 4 is 23.4 Å². The lowest BCUT2D eigenvalue weighted by Gasteiger charge is -2.08. The molecule has 5 nitrogen and oxygen atoms in total. The summed E-state index contributed by atoms with van der Waals surface area (Å²) < 4.78 is 18.3. The first-order valence-corrected chi connectivity index (χ1v) is 7.61. The van der Waals surface area contributed by atoms with Crippen LogP contribution in [0, 0.1) is 5.82 Å². The Labute approximate surface area is 143 Å². The predicted molar refractivity (Wildman–Crippen MR) is 88.7 cm³/mol. The Morgan fingerprint density at radius 1 is 1.04 bits per heavy atom. The fourth-order valence-electron chi connectivity index (χ4n) is 1.84. The van der Waals surface area contributed by atoms with E-state index in [1.807, 2.05) is 0 Å². The molecule has 7 heteroatoms. The molecular formula is C17H16ClFN2O3. The monoisotopic (exact) mass is 350 g/mol. The second-order valence-electron chi connectivity index (χ2n) is 4.86. The van der Waals surface area contributed by atoms with Crippen LogP contribution in [-0.2, 0) is 4.79 Å². The van der Waals surface area contributed by atoms with Crippen LogP contribution in [0.4, 0.5) is 4.39 Å². The molecule has 0 bridgehead atoms. The standard InChI is InChI=1S/C17H16ClFN2O3/c18-13-4-6-15(7-5-13)24-11-16(22)20-8-9-21-17(23)12-2-1-3-14(19)10-12/h1-7,10H,8-9,11H2,(H,20,22)(H,21,23). The molecule has 2 N–H and O–H groups in total. The van der Waals surface area contributed by atoms with Gasteiger partial charge in [-0.05, 0) is 42.5 Å². The summed E-state index contributed by atoms with van der Waals surface area (Å²) in [6.07, 6.45) is 0. The van der Waals surface area contributed by atoms with Crippen molar-refractivity contribution in [2.45, 2.75) is 0 Å². The third-order valence-electron chi connectivity index (χ3n) is 3.00. The van der Waals surface area contributed by atoms with Crippen molar-refractivity contribution in [1.82, 2.24) is 10.6 Å². The van der Waals surface area contributed by atoms with Crippen molar-refractivity contribution in [3.8, 4) is 5.75 Å². The minimum absolute atomic E-state index is 0.139. The number of amides is 2. The van der Waals surface area contributed by atoms with Crippen molar-refractivity contribution in [3.05, 3.63) is 64.9 Å². The Bertz CT molecular complexity index is 707. The predicted octanol–water partition coefficient (Wildman–Crippen LogP) is 2.40. The SMILES string of the molecule is O=C(COc1ccc(Cl)cc1)NCCNC(=O)c1cccc(F)c1. The summed E-state index contributed by atoms with van der Waals surface area (Å²) in [6.45, 7) is 0.325. The molecule has 0 unspecified atom stereocenters. The molecule has 0 radical (unpaired) electrons. The quantitative estimate of drug-likeness (QED) is 0.753. The molecule has 0 spiro atoms. The molecule has 0 heterocycles. The second kappa shape index (κ2) is 8.88. The van der Waals surface area contributed by atoms with Gasteiger partial charge in [0.1, 0.15) is 11.6 Å². The van der Waals surface area contributed by atoms with E-state index in [0.29, 0.717) is 10.8 Å². The normalized spacial score (nSPS) is 10.1. The molecule has 0 saturated carbocycles. The van der Waals surface area contributed by atoms with Gasteiger partial charge in [0.25, 0.3) is 11.8 Å². The van der Waals surface area contributed by atoms with Crippen LogP contribution < -0.4 is 15.4 Å². The fraction of sp³-hybridized carbons (Fsp3) is 0.176. The molecule has 0 fully saturated rings. The maximum Gasteiger partial charge on any atom is 0.258 e. The smallest absolute Gasteiger partial charge is 0.258 e. The number of hydrogen-bond donors (Lipinski definition) is 2. The Balaban J connectivity index is 1.64. The summed E-state index contributed by atoms with van der Waals surface area (Å²) in [5, 5.41) is 5.77. The number of carbonyl (C=O) groups excluding carboxylic acids is 2. The lowest BCUT2D eigenvalue weighted by Crippen LogP contribution is -2.36. The maximum atomic E-state index is 13.0. The van der Waals surface area contributed by atoms with Gasteiger partial charge in [-0.3, -0.25) is 9.59 Å². The zero-order chi connectivity index (χ0) is 17.4. The van der Waals surface area contributed by atoms with E-state index in [2.05, 4.69) is 10.6 Å². The average Bonchev–Trinajstić information content (AvgIpc) is 2.58. The molecule has 2 aromatic carbocycles. The van der Waals surface area contributed by atoms with Crippen LogP contribution in [0.15, 0.2) is 48.5 Å². The van der Waals surface area contributed by atoms with Crippen LogP contribution in [0.2, 0.25) is 5.02 Å². The van der Waals surface area contributed by atoms with Gasteiger partial charge in [0.2, 0.25) is 0 Å². The van der Waals surface area contributed by atoms with E-state index in [-0.39, 0.29) is 31.2 Å². The van der Waals surface area contributed by atoms with E-state index < -0.39 is 11.7 Å². The molecule has 126 valence electrons. The molecule has 0 saturated heterocycles. The Kier molecular flexibility index (Phi) is 6.57. The summed E-state index contributed by atoms with van der Waals surface area (Å²) in [4.78, 5) is 23.4. The molecule has 0 aromatic heterocycles. The van der Waals surface area contributed by atoms with Gasteiger partial charge in [-0.1, -0.05) is 17.7 Å². The van der Waals surface area contributed by atoms with Crippen LogP contribution in [0.3, 0.4) is 0 Å². The first-order valence-electron chi connectivity index (χ1n) is 7.23. The number of rotatable bonds is 7. The van der Waals surface area contributed by atoms with E-state index in [4.69, 9.17) is 16.3 Å². The highest BCUT2D eigenvalue weighted by Crippen LogP contribution is 2.15. The van der Waals surface area contributed by atoms with E-state index in [1.54, 1.807) is 24.3 Å². The molecular weight excluding hydrogens is 335 g/mol.